The lowest BCUT2D eigenvalue weighted by molar-refractivity contribution is -0.144. The first-order chi connectivity index (χ1) is 19.0. The molecule has 2 aromatic rings. The molecular weight excluding hydrogens is 494 g/mol. The van der Waals surface area contributed by atoms with Gasteiger partial charge < -0.3 is 23.9 Å². The van der Waals surface area contributed by atoms with Crippen molar-refractivity contribution in [3.63, 3.8) is 0 Å². The fourth-order valence-corrected chi connectivity index (χ4v) is 6.44. The summed E-state index contributed by atoms with van der Waals surface area (Å²) in [7, 11) is 0. The quantitative estimate of drug-likeness (QED) is 0.221. The molecule has 0 radical (unpaired) electrons. The minimum Gasteiger partial charge on any atom is -0.494 e. The Labute approximate surface area is 233 Å². The van der Waals surface area contributed by atoms with E-state index in [1.165, 1.54) is 51.4 Å². The molecule has 1 saturated carbocycles. The molecule has 1 N–H and O–H groups in total. The summed E-state index contributed by atoms with van der Waals surface area (Å²) < 4.78 is 19.9. The van der Waals surface area contributed by atoms with Crippen LogP contribution >= 0.6 is 0 Å². The van der Waals surface area contributed by atoms with Gasteiger partial charge in [-0.15, -0.1) is 0 Å². The standard InChI is InChI=1S/C32H47NO6/c1-3-19-38-24-15-16-25-27(21-24)33(22-23-12-9-7-5-6-8-10-13-23)31-28(18-17-26(30(25)31)32(35)36)39-20-11-14-29(34)37-4-2/h15-16,21,23,26,28H,3-14,17-20,22H2,1-2H3,(H,35,36). The molecule has 1 heterocycles. The summed E-state index contributed by atoms with van der Waals surface area (Å²) in [5, 5.41) is 11.2. The van der Waals surface area contributed by atoms with Crippen LogP contribution in [-0.2, 0) is 25.6 Å². The Morgan fingerprint density at radius 3 is 2.41 bits per heavy atom. The maximum atomic E-state index is 12.5. The molecule has 216 valence electrons. The van der Waals surface area contributed by atoms with Gasteiger partial charge in [-0.2, -0.15) is 0 Å². The van der Waals surface area contributed by atoms with Gasteiger partial charge in [0.2, 0.25) is 0 Å². The highest BCUT2D eigenvalue weighted by molar-refractivity contribution is 5.92. The maximum Gasteiger partial charge on any atom is 0.311 e. The SMILES string of the molecule is CCCOc1ccc2c3c(n(CC4CCCCCCCC4)c2c1)C(OCCCC(=O)OCC)CCC3C(=O)O. The molecule has 39 heavy (non-hydrogen) atoms. The van der Waals surface area contributed by atoms with Crippen molar-refractivity contribution in [1.29, 1.82) is 0 Å². The van der Waals surface area contributed by atoms with Crippen LogP contribution in [0.3, 0.4) is 0 Å². The zero-order chi connectivity index (χ0) is 27.6. The topological polar surface area (TPSA) is 87.0 Å². The first-order valence-electron chi connectivity index (χ1n) is 15.3. The third kappa shape index (κ3) is 7.56. The summed E-state index contributed by atoms with van der Waals surface area (Å²) in [4.78, 5) is 24.3. The molecule has 2 unspecified atom stereocenters. The summed E-state index contributed by atoms with van der Waals surface area (Å²) in [6.45, 7) is 6.26. The van der Waals surface area contributed by atoms with Gasteiger partial charge in [0.25, 0.3) is 0 Å². The van der Waals surface area contributed by atoms with Gasteiger partial charge in [-0.05, 0) is 69.1 Å². The van der Waals surface area contributed by atoms with Crippen LogP contribution in [-0.4, -0.2) is 41.4 Å². The van der Waals surface area contributed by atoms with Gasteiger partial charge in [0.15, 0.2) is 0 Å². The van der Waals surface area contributed by atoms with Crippen molar-refractivity contribution in [3.8, 4) is 5.75 Å². The number of ether oxygens (including phenoxy) is 3. The van der Waals surface area contributed by atoms with Gasteiger partial charge in [0, 0.05) is 31.0 Å². The van der Waals surface area contributed by atoms with E-state index >= 15 is 0 Å². The van der Waals surface area contributed by atoms with Gasteiger partial charge >= 0.3 is 11.9 Å². The van der Waals surface area contributed by atoms with Crippen LogP contribution in [0.5, 0.6) is 5.75 Å². The normalized spacial score (nSPS) is 20.6. The number of carboxylic acids is 1. The van der Waals surface area contributed by atoms with Crippen molar-refractivity contribution in [2.75, 3.05) is 19.8 Å². The highest BCUT2D eigenvalue weighted by Gasteiger charge is 2.38. The number of rotatable bonds is 12. The van der Waals surface area contributed by atoms with Gasteiger partial charge in [-0.3, -0.25) is 9.59 Å². The Bertz CT molecular complexity index is 1080. The number of fused-ring (bicyclic) bond motifs is 3. The Balaban J connectivity index is 1.70. The number of benzene rings is 1. The number of aliphatic carboxylic acids is 1. The van der Waals surface area contributed by atoms with E-state index in [0.717, 1.165) is 40.9 Å². The monoisotopic (exact) mass is 541 g/mol. The van der Waals surface area contributed by atoms with Crippen LogP contribution in [0.2, 0.25) is 0 Å². The van der Waals surface area contributed by atoms with E-state index < -0.39 is 11.9 Å². The number of aromatic nitrogens is 1. The number of hydrogen-bond acceptors (Lipinski definition) is 5. The van der Waals surface area contributed by atoms with E-state index in [2.05, 4.69) is 23.6 Å². The van der Waals surface area contributed by atoms with E-state index in [-0.39, 0.29) is 12.1 Å². The summed E-state index contributed by atoms with van der Waals surface area (Å²) in [5.74, 6) is -0.146. The van der Waals surface area contributed by atoms with Crippen LogP contribution in [0.1, 0.15) is 121 Å². The molecule has 1 aromatic carbocycles. The summed E-state index contributed by atoms with van der Waals surface area (Å²) >= 11 is 0. The van der Waals surface area contributed by atoms with Crippen molar-refractivity contribution < 1.29 is 28.9 Å². The molecule has 0 amide bonds. The fraction of sp³-hybridized carbons (Fsp3) is 0.688. The van der Waals surface area contributed by atoms with E-state index in [9.17, 15) is 14.7 Å². The second-order valence-electron chi connectivity index (χ2n) is 11.2. The molecule has 1 fully saturated rings. The zero-order valence-electron chi connectivity index (χ0n) is 23.9. The zero-order valence-corrected chi connectivity index (χ0v) is 23.9. The van der Waals surface area contributed by atoms with Crippen LogP contribution in [0.25, 0.3) is 10.9 Å². The van der Waals surface area contributed by atoms with Crippen LogP contribution in [0, 0.1) is 5.92 Å². The summed E-state index contributed by atoms with van der Waals surface area (Å²) in [6, 6.07) is 6.14. The Morgan fingerprint density at radius 2 is 1.72 bits per heavy atom. The van der Waals surface area contributed by atoms with Crippen molar-refractivity contribution in [1.82, 2.24) is 4.57 Å². The molecule has 4 rings (SSSR count). The maximum absolute atomic E-state index is 12.5. The Hall–Kier alpha value is -2.54. The highest BCUT2D eigenvalue weighted by atomic mass is 16.5. The second-order valence-corrected chi connectivity index (χ2v) is 11.2. The predicted molar refractivity (Wildman–Crippen MR) is 152 cm³/mol. The van der Waals surface area contributed by atoms with Gasteiger partial charge in [-0.1, -0.05) is 45.4 Å². The minimum absolute atomic E-state index is 0.193. The number of carbonyl (C=O) groups is 2. The van der Waals surface area contributed by atoms with Crippen molar-refractivity contribution in [3.05, 3.63) is 29.5 Å². The smallest absolute Gasteiger partial charge is 0.311 e. The molecule has 1 aromatic heterocycles. The average molecular weight is 542 g/mol. The highest BCUT2D eigenvalue weighted by Crippen LogP contribution is 2.46. The third-order valence-corrected chi connectivity index (χ3v) is 8.32. The summed E-state index contributed by atoms with van der Waals surface area (Å²) in [6.07, 6.45) is 13.0. The van der Waals surface area contributed by atoms with E-state index in [1.54, 1.807) is 0 Å². The predicted octanol–water partition coefficient (Wildman–Crippen LogP) is 7.54. The molecule has 0 aliphatic heterocycles. The Kier molecular flexibility index (Phi) is 11.1. The lowest BCUT2D eigenvalue weighted by Gasteiger charge is -2.30. The number of carbonyl (C=O) groups excluding carboxylic acids is 1. The molecule has 2 aliphatic carbocycles. The molecule has 0 bridgehead atoms. The molecule has 2 aliphatic rings. The fourth-order valence-electron chi connectivity index (χ4n) is 6.44. The van der Waals surface area contributed by atoms with E-state index in [0.29, 0.717) is 51.4 Å². The van der Waals surface area contributed by atoms with Gasteiger partial charge in [0.1, 0.15) is 5.75 Å². The van der Waals surface area contributed by atoms with Crippen LogP contribution in [0.15, 0.2) is 18.2 Å². The van der Waals surface area contributed by atoms with Crippen molar-refractivity contribution in [2.45, 2.75) is 116 Å². The number of esters is 1. The number of carboxylic acid groups (broad SMARTS) is 1. The third-order valence-electron chi connectivity index (χ3n) is 8.32. The minimum atomic E-state index is -0.773. The van der Waals surface area contributed by atoms with Gasteiger partial charge in [0.05, 0.1) is 36.4 Å². The number of hydrogen-bond donors (Lipinski definition) is 1. The first-order valence-corrected chi connectivity index (χ1v) is 15.3. The molecule has 7 nitrogen and oxygen atoms in total. The molecule has 0 saturated heterocycles. The van der Waals surface area contributed by atoms with Crippen LogP contribution < -0.4 is 4.74 Å². The lowest BCUT2D eigenvalue weighted by atomic mass is 9.83. The van der Waals surface area contributed by atoms with Gasteiger partial charge in [-0.25, -0.2) is 0 Å². The van der Waals surface area contributed by atoms with E-state index in [4.69, 9.17) is 14.2 Å². The second kappa shape index (κ2) is 14.7. The molecular formula is C32H47NO6. The van der Waals surface area contributed by atoms with Crippen LogP contribution in [0.4, 0.5) is 0 Å². The Morgan fingerprint density at radius 1 is 0.974 bits per heavy atom. The summed E-state index contributed by atoms with van der Waals surface area (Å²) in [5.41, 5.74) is 2.98. The number of nitrogens with zero attached hydrogens (tertiary/aromatic N) is 1. The molecule has 0 spiro atoms. The molecule has 7 heteroatoms. The van der Waals surface area contributed by atoms with Crippen molar-refractivity contribution in [2.24, 2.45) is 5.92 Å². The molecule has 2 atom stereocenters. The first kappa shape index (κ1) is 29.4. The lowest BCUT2D eigenvalue weighted by Crippen LogP contribution is -2.25. The van der Waals surface area contributed by atoms with E-state index in [1.807, 2.05) is 13.0 Å². The average Bonchev–Trinajstić information content (AvgIpc) is 3.30. The largest absolute Gasteiger partial charge is 0.494 e. The van der Waals surface area contributed by atoms with Crippen molar-refractivity contribution >= 4 is 22.8 Å².